The minimum Gasteiger partial charge on any atom is -0.465 e. The number of hydrogen-bond acceptors (Lipinski definition) is 3. The number of ether oxygens (including phenoxy) is 1. The highest BCUT2D eigenvalue weighted by atomic mass is 35.5. The van der Waals surface area contributed by atoms with E-state index in [1.807, 2.05) is 0 Å². The summed E-state index contributed by atoms with van der Waals surface area (Å²) < 4.78 is 4.64. The second-order valence-electron chi connectivity index (χ2n) is 3.92. The van der Waals surface area contributed by atoms with Gasteiger partial charge in [-0.15, -0.1) is 0 Å². The van der Waals surface area contributed by atoms with Crippen LogP contribution >= 0.6 is 23.2 Å². The van der Waals surface area contributed by atoms with Crippen LogP contribution in [-0.2, 0) is 4.74 Å². The number of hydrogen-bond donors (Lipinski definition) is 1. The lowest BCUT2D eigenvalue weighted by atomic mass is 10.0. The molecule has 19 heavy (non-hydrogen) atoms. The van der Waals surface area contributed by atoms with Gasteiger partial charge >= 0.3 is 5.97 Å². The number of nitrogens with two attached hydrogens (primary N) is 1. The third kappa shape index (κ3) is 2.83. The van der Waals surface area contributed by atoms with E-state index in [1.165, 1.54) is 7.11 Å². The highest BCUT2D eigenvalue weighted by Gasteiger charge is 2.11. The van der Waals surface area contributed by atoms with Gasteiger partial charge in [-0.2, -0.15) is 0 Å². The Hall–Kier alpha value is -1.71. The van der Waals surface area contributed by atoms with Crippen molar-refractivity contribution in [2.24, 2.45) is 0 Å². The zero-order valence-electron chi connectivity index (χ0n) is 10.1. The summed E-state index contributed by atoms with van der Waals surface area (Å²) >= 11 is 12.0. The van der Waals surface area contributed by atoms with E-state index in [4.69, 9.17) is 28.9 Å². The average Bonchev–Trinajstić information content (AvgIpc) is 2.38. The van der Waals surface area contributed by atoms with Crippen molar-refractivity contribution in [2.75, 3.05) is 12.8 Å². The van der Waals surface area contributed by atoms with E-state index in [9.17, 15) is 4.79 Å². The summed E-state index contributed by atoms with van der Waals surface area (Å²) in [6.45, 7) is 0. The van der Waals surface area contributed by atoms with Crippen molar-refractivity contribution in [1.29, 1.82) is 0 Å². The number of nitrogen functional groups attached to an aromatic ring is 1. The smallest absolute Gasteiger partial charge is 0.337 e. The molecule has 98 valence electrons. The molecular formula is C14H11Cl2NO2. The van der Waals surface area contributed by atoms with Gasteiger partial charge in [0.1, 0.15) is 0 Å². The third-order valence-corrected chi connectivity index (χ3v) is 3.24. The van der Waals surface area contributed by atoms with Crippen molar-refractivity contribution in [3.63, 3.8) is 0 Å². The van der Waals surface area contributed by atoms with Crippen LogP contribution in [0.1, 0.15) is 10.4 Å². The fourth-order valence-corrected chi connectivity index (χ4v) is 2.27. The largest absolute Gasteiger partial charge is 0.465 e. The van der Waals surface area contributed by atoms with Gasteiger partial charge in [-0.3, -0.25) is 0 Å². The van der Waals surface area contributed by atoms with Crippen LogP contribution in [0.15, 0.2) is 36.4 Å². The van der Waals surface area contributed by atoms with E-state index in [1.54, 1.807) is 36.4 Å². The average molecular weight is 296 g/mol. The third-order valence-electron chi connectivity index (χ3n) is 2.69. The first kappa shape index (κ1) is 13.7. The maximum atomic E-state index is 11.4. The Labute approximate surface area is 120 Å². The number of methoxy groups -OCH3 is 1. The lowest BCUT2D eigenvalue weighted by Gasteiger charge is -2.09. The van der Waals surface area contributed by atoms with Gasteiger partial charge in [0.05, 0.1) is 12.7 Å². The molecule has 0 unspecified atom stereocenters. The second-order valence-corrected chi connectivity index (χ2v) is 4.76. The molecule has 2 aromatic carbocycles. The van der Waals surface area contributed by atoms with Crippen LogP contribution in [-0.4, -0.2) is 13.1 Å². The van der Waals surface area contributed by atoms with Crippen molar-refractivity contribution in [3.8, 4) is 11.1 Å². The molecule has 0 bridgehead atoms. The summed E-state index contributed by atoms with van der Waals surface area (Å²) in [6, 6.07) is 10.1. The maximum Gasteiger partial charge on any atom is 0.337 e. The van der Waals surface area contributed by atoms with Crippen molar-refractivity contribution in [2.45, 2.75) is 0 Å². The molecule has 3 nitrogen and oxygen atoms in total. The second kappa shape index (κ2) is 5.51. The zero-order chi connectivity index (χ0) is 14.0. The number of esters is 1. The van der Waals surface area contributed by atoms with Gasteiger partial charge in [0.25, 0.3) is 0 Å². The van der Waals surface area contributed by atoms with Crippen molar-refractivity contribution in [1.82, 2.24) is 0 Å². The van der Waals surface area contributed by atoms with Gasteiger partial charge in [0, 0.05) is 26.9 Å². The maximum absolute atomic E-state index is 11.4. The molecule has 0 atom stereocenters. The zero-order valence-corrected chi connectivity index (χ0v) is 11.6. The Kier molecular flexibility index (Phi) is 3.98. The van der Waals surface area contributed by atoms with E-state index < -0.39 is 5.97 Å². The van der Waals surface area contributed by atoms with Gasteiger partial charge in [-0.05, 0) is 24.3 Å². The predicted molar refractivity (Wildman–Crippen MR) is 77.6 cm³/mol. The van der Waals surface area contributed by atoms with Gasteiger partial charge in [-0.25, -0.2) is 4.79 Å². The van der Waals surface area contributed by atoms with Crippen molar-refractivity contribution in [3.05, 3.63) is 52.0 Å². The highest BCUT2D eigenvalue weighted by Crippen LogP contribution is 2.34. The molecule has 0 radical (unpaired) electrons. The fraction of sp³-hybridized carbons (Fsp3) is 0.0714. The number of benzene rings is 2. The topological polar surface area (TPSA) is 52.3 Å². The van der Waals surface area contributed by atoms with Crippen LogP contribution in [0.5, 0.6) is 0 Å². The molecule has 0 aromatic heterocycles. The molecule has 0 amide bonds. The molecule has 0 aliphatic rings. The molecular weight excluding hydrogens is 285 g/mol. The molecule has 0 saturated carbocycles. The number of halogens is 2. The molecule has 5 heteroatoms. The van der Waals surface area contributed by atoms with E-state index in [0.717, 1.165) is 11.1 Å². The summed E-state index contributed by atoms with van der Waals surface area (Å²) in [6.07, 6.45) is 0. The Balaban J connectivity index is 2.49. The molecule has 2 N–H and O–H groups in total. The van der Waals surface area contributed by atoms with Gasteiger partial charge in [-0.1, -0.05) is 35.3 Å². The highest BCUT2D eigenvalue weighted by molar-refractivity contribution is 6.36. The van der Waals surface area contributed by atoms with Gasteiger partial charge in [0.15, 0.2) is 0 Å². The minimum absolute atomic E-state index is 0.397. The molecule has 0 saturated heterocycles. The van der Waals surface area contributed by atoms with Gasteiger partial charge < -0.3 is 10.5 Å². The Morgan fingerprint density at radius 2 is 1.79 bits per heavy atom. The predicted octanol–water partition coefficient (Wildman–Crippen LogP) is 4.03. The molecule has 0 spiro atoms. The monoisotopic (exact) mass is 295 g/mol. The fourth-order valence-electron chi connectivity index (χ4n) is 1.76. The first-order valence-corrected chi connectivity index (χ1v) is 6.22. The quantitative estimate of drug-likeness (QED) is 0.672. The first-order chi connectivity index (χ1) is 9.02. The van der Waals surface area contributed by atoms with E-state index in [2.05, 4.69) is 4.74 Å². The minimum atomic E-state index is -0.430. The van der Waals surface area contributed by atoms with Crippen LogP contribution < -0.4 is 5.73 Å². The lowest BCUT2D eigenvalue weighted by molar-refractivity contribution is 0.0601. The number of anilines is 1. The van der Waals surface area contributed by atoms with Gasteiger partial charge in [0.2, 0.25) is 0 Å². The number of rotatable bonds is 2. The Bertz CT molecular complexity index is 641. The normalized spacial score (nSPS) is 10.3. The number of carbonyl (C=O) groups excluding carboxylic acids is 1. The molecule has 0 aliphatic heterocycles. The SMILES string of the molecule is COC(=O)c1ccc(-c2ccc(Cl)cc2Cl)c(N)c1. The first-order valence-electron chi connectivity index (χ1n) is 5.46. The van der Waals surface area contributed by atoms with Crippen LogP contribution in [0.25, 0.3) is 11.1 Å². The molecule has 0 heterocycles. The van der Waals surface area contributed by atoms with Crippen LogP contribution in [0.4, 0.5) is 5.69 Å². The van der Waals surface area contributed by atoms with E-state index >= 15 is 0 Å². The molecule has 0 aliphatic carbocycles. The Morgan fingerprint density at radius 1 is 1.11 bits per heavy atom. The Morgan fingerprint density at radius 3 is 2.37 bits per heavy atom. The van der Waals surface area contributed by atoms with Crippen LogP contribution in [0.2, 0.25) is 10.0 Å². The van der Waals surface area contributed by atoms with Crippen LogP contribution in [0.3, 0.4) is 0 Å². The summed E-state index contributed by atoms with van der Waals surface area (Å²) in [7, 11) is 1.32. The molecule has 2 aromatic rings. The lowest BCUT2D eigenvalue weighted by Crippen LogP contribution is -2.02. The van der Waals surface area contributed by atoms with E-state index in [-0.39, 0.29) is 0 Å². The number of carbonyl (C=O) groups is 1. The summed E-state index contributed by atoms with van der Waals surface area (Å²) in [5.41, 5.74) is 8.31. The van der Waals surface area contributed by atoms with E-state index in [0.29, 0.717) is 21.3 Å². The standard InChI is InChI=1S/C14H11Cl2NO2/c1-19-14(18)8-2-4-11(13(17)6-8)10-5-3-9(15)7-12(10)16/h2-7H,17H2,1H3. The summed E-state index contributed by atoms with van der Waals surface area (Å²) in [5, 5.41) is 1.06. The molecule has 2 rings (SSSR count). The molecule has 0 fully saturated rings. The summed E-state index contributed by atoms with van der Waals surface area (Å²) in [5.74, 6) is -0.430. The van der Waals surface area contributed by atoms with Crippen molar-refractivity contribution >= 4 is 34.9 Å². The van der Waals surface area contributed by atoms with Crippen LogP contribution in [0, 0.1) is 0 Å². The van der Waals surface area contributed by atoms with Crippen molar-refractivity contribution < 1.29 is 9.53 Å². The summed E-state index contributed by atoms with van der Waals surface area (Å²) in [4.78, 5) is 11.4.